The molecule has 1 heterocycles. The van der Waals surface area contributed by atoms with Crippen LogP contribution in [0.3, 0.4) is 0 Å². The fraction of sp³-hybridized carbons (Fsp3) is 0.400. The normalized spacial score (nSPS) is 11.2. The number of halogens is 4. The molecule has 0 amide bonds. The number of hydrogen-bond acceptors (Lipinski definition) is 5. The van der Waals surface area contributed by atoms with Crippen molar-refractivity contribution in [1.82, 2.24) is 4.98 Å². The number of alkyl halides is 4. The van der Waals surface area contributed by atoms with E-state index in [0.29, 0.717) is 6.20 Å². The third-order valence-corrected chi connectivity index (χ3v) is 1.97. The first kappa shape index (κ1) is 15.0. The van der Waals surface area contributed by atoms with E-state index in [1.54, 1.807) is 0 Å². The van der Waals surface area contributed by atoms with Gasteiger partial charge in [0.25, 0.3) is 5.88 Å². The van der Waals surface area contributed by atoms with E-state index in [0.717, 1.165) is 0 Å². The molecular weight excluding hydrogens is 274 g/mol. The van der Waals surface area contributed by atoms with Gasteiger partial charge in [0.05, 0.1) is 12.2 Å². The maximum Gasteiger partial charge on any atom is 0.574 e. The predicted molar refractivity (Wildman–Crippen MR) is 53.4 cm³/mol. The molecule has 0 spiro atoms. The molecule has 0 aliphatic heterocycles. The Morgan fingerprint density at radius 1 is 1.47 bits per heavy atom. The number of aromatic nitrogens is 1. The minimum Gasteiger partial charge on any atom is -0.503 e. The van der Waals surface area contributed by atoms with Crippen molar-refractivity contribution in [3.05, 3.63) is 17.3 Å². The van der Waals surface area contributed by atoms with Crippen LogP contribution in [0.2, 0.25) is 0 Å². The van der Waals surface area contributed by atoms with Gasteiger partial charge in [-0.1, -0.05) is 0 Å². The zero-order valence-electron chi connectivity index (χ0n) is 9.62. The molecule has 1 rings (SSSR count). The van der Waals surface area contributed by atoms with E-state index in [2.05, 4.69) is 14.5 Å². The first-order valence-corrected chi connectivity index (χ1v) is 4.99. The molecule has 0 atom stereocenters. The predicted octanol–water partition coefficient (Wildman–Crippen LogP) is 2.33. The van der Waals surface area contributed by atoms with Crippen LogP contribution in [0.4, 0.5) is 17.6 Å². The molecule has 0 aromatic carbocycles. The monoisotopic (exact) mass is 283 g/mol. The Labute approximate surface area is 104 Å². The third-order valence-electron chi connectivity index (χ3n) is 1.97. The number of aromatic hydroxyl groups is 1. The summed E-state index contributed by atoms with van der Waals surface area (Å²) >= 11 is 0. The van der Waals surface area contributed by atoms with Crippen LogP contribution in [0.15, 0.2) is 6.20 Å². The number of ether oxygens (including phenoxy) is 2. The Balaban J connectivity index is 3.19. The highest BCUT2D eigenvalue weighted by atomic mass is 19.4. The minimum absolute atomic E-state index is 0.0217. The number of rotatable bonds is 4. The second-order valence-electron chi connectivity index (χ2n) is 3.21. The Bertz CT molecular complexity index is 475. The number of carbonyl (C=O) groups excluding carboxylic acids is 1. The van der Waals surface area contributed by atoms with Crippen LogP contribution in [-0.4, -0.2) is 29.0 Å². The smallest absolute Gasteiger partial charge is 0.503 e. The summed E-state index contributed by atoms with van der Waals surface area (Å²) in [6.45, 7) is 0.0876. The lowest BCUT2D eigenvalue weighted by Gasteiger charge is -2.13. The lowest BCUT2D eigenvalue weighted by molar-refractivity contribution is -0.276. The summed E-state index contributed by atoms with van der Waals surface area (Å²) in [4.78, 5) is 14.5. The second-order valence-corrected chi connectivity index (χ2v) is 3.21. The molecule has 0 bridgehead atoms. The zero-order valence-corrected chi connectivity index (χ0v) is 9.62. The molecule has 19 heavy (non-hydrogen) atoms. The maximum atomic E-state index is 12.7. The molecule has 0 aliphatic carbocycles. The summed E-state index contributed by atoms with van der Waals surface area (Å²) in [6, 6.07) is 0. The van der Waals surface area contributed by atoms with E-state index in [1.165, 1.54) is 6.92 Å². The number of pyridine rings is 1. The molecule has 0 radical (unpaired) electrons. The summed E-state index contributed by atoms with van der Waals surface area (Å²) in [5.41, 5.74) is -1.14. The molecule has 9 heteroatoms. The van der Waals surface area contributed by atoms with Gasteiger partial charge >= 0.3 is 12.3 Å². The topological polar surface area (TPSA) is 68.7 Å². The van der Waals surface area contributed by atoms with Crippen LogP contribution < -0.4 is 4.74 Å². The van der Waals surface area contributed by atoms with E-state index in [1.807, 2.05) is 0 Å². The van der Waals surface area contributed by atoms with Crippen molar-refractivity contribution >= 4 is 5.97 Å². The van der Waals surface area contributed by atoms with Gasteiger partial charge in [0.15, 0.2) is 5.75 Å². The lowest BCUT2D eigenvalue weighted by Crippen LogP contribution is -2.19. The zero-order chi connectivity index (χ0) is 14.6. The molecule has 1 aromatic heterocycles. The Kier molecular flexibility index (Phi) is 4.52. The molecule has 5 nitrogen and oxygen atoms in total. The summed E-state index contributed by atoms with van der Waals surface area (Å²) in [7, 11) is 0. The number of nitrogens with zero attached hydrogens (tertiary/aromatic N) is 1. The third kappa shape index (κ3) is 3.70. The summed E-state index contributed by atoms with van der Waals surface area (Å²) in [6.07, 6.45) is -4.45. The van der Waals surface area contributed by atoms with Crippen molar-refractivity contribution in [2.75, 3.05) is 6.61 Å². The van der Waals surface area contributed by atoms with Crippen molar-refractivity contribution in [1.29, 1.82) is 0 Å². The van der Waals surface area contributed by atoms with Crippen molar-refractivity contribution in [3.8, 4) is 11.6 Å². The van der Waals surface area contributed by atoms with Crippen molar-refractivity contribution < 1.29 is 36.9 Å². The quantitative estimate of drug-likeness (QED) is 0.678. The highest BCUT2D eigenvalue weighted by Crippen LogP contribution is 2.34. The summed E-state index contributed by atoms with van der Waals surface area (Å²) in [5, 5.41) is 9.41. The average Bonchev–Trinajstić information content (AvgIpc) is 2.30. The fourth-order valence-electron chi connectivity index (χ4n) is 1.22. The summed E-state index contributed by atoms with van der Waals surface area (Å²) < 4.78 is 56.6. The molecule has 0 fully saturated rings. The molecule has 106 valence electrons. The molecular formula is C10H9F4NO4. The fourth-order valence-corrected chi connectivity index (χ4v) is 1.22. The highest BCUT2D eigenvalue weighted by Gasteiger charge is 2.34. The van der Waals surface area contributed by atoms with E-state index >= 15 is 0 Å². The SMILES string of the molecule is CCOC(=O)c1cnc(OC(F)(F)F)c(O)c1CF. The van der Waals surface area contributed by atoms with E-state index in [9.17, 15) is 27.5 Å². The van der Waals surface area contributed by atoms with Gasteiger partial charge in [0.1, 0.15) is 6.67 Å². The molecule has 1 N–H and O–H groups in total. The van der Waals surface area contributed by atoms with Crippen LogP contribution in [0.25, 0.3) is 0 Å². The molecule has 0 saturated carbocycles. The van der Waals surface area contributed by atoms with Gasteiger partial charge in [0, 0.05) is 11.8 Å². The van der Waals surface area contributed by atoms with Gasteiger partial charge in [-0.2, -0.15) is 0 Å². The number of hydrogen-bond donors (Lipinski definition) is 1. The largest absolute Gasteiger partial charge is 0.574 e. The van der Waals surface area contributed by atoms with Gasteiger partial charge in [-0.25, -0.2) is 14.2 Å². The second kappa shape index (κ2) is 5.72. The van der Waals surface area contributed by atoms with Gasteiger partial charge in [-0.05, 0) is 6.92 Å². The highest BCUT2D eigenvalue weighted by molar-refractivity contribution is 5.91. The van der Waals surface area contributed by atoms with E-state index in [-0.39, 0.29) is 6.61 Å². The average molecular weight is 283 g/mol. The Morgan fingerprint density at radius 3 is 2.58 bits per heavy atom. The van der Waals surface area contributed by atoms with Gasteiger partial charge in [-0.15, -0.1) is 13.2 Å². The molecule has 0 aliphatic rings. The van der Waals surface area contributed by atoms with Gasteiger partial charge in [0.2, 0.25) is 0 Å². The Morgan fingerprint density at radius 2 is 2.11 bits per heavy atom. The van der Waals surface area contributed by atoms with Crippen LogP contribution in [0.1, 0.15) is 22.8 Å². The van der Waals surface area contributed by atoms with E-state index in [4.69, 9.17) is 0 Å². The first-order valence-electron chi connectivity index (χ1n) is 4.99. The lowest BCUT2D eigenvalue weighted by atomic mass is 10.1. The van der Waals surface area contributed by atoms with Crippen LogP contribution >= 0.6 is 0 Å². The maximum absolute atomic E-state index is 12.7. The van der Waals surface area contributed by atoms with Crippen molar-refractivity contribution in [3.63, 3.8) is 0 Å². The van der Waals surface area contributed by atoms with Crippen molar-refractivity contribution in [2.24, 2.45) is 0 Å². The van der Waals surface area contributed by atoms with Crippen LogP contribution in [0, 0.1) is 0 Å². The minimum atomic E-state index is -5.09. The van der Waals surface area contributed by atoms with Gasteiger partial charge < -0.3 is 14.6 Å². The summed E-state index contributed by atoms with van der Waals surface area (Å²) in [5.74, 6) is -3.42. The molecule has 0 unspecified atom stereocenters. The molecule has 0 saturated heterocycles. The first-order chi connectivity index (χ1) is 8.80. The van der Waals surface area contributed by atoms with Crippen molar-refractivity contribution in [2.45, 2.75) is 20.0 Å². The van der Waals surface area contributed by atoms with E-state index < -0.39 is 41.8 Å². The van der Waals surface area contributed by atoms with Gasteiger partial charge in [-0.3, -0.25) is 0 Å². The standard InChI is InChI=1S/C10H9F4NO4/c1-2-18-9(17)6-4-15-8(19-10(12,13)14)7(16)5(6)3-11/h4,16H,2-3H2,1H3. The van der Waals surface area contributed by atoms with Crippen LogP contribution in [-0.2, 0) is 11.4 Å². The number of esters is 1. The van der Waals surface area contributed by atoms with Crippen LogP contribution in [0.5, 0.6) is 11.6 Å². The number of carbonyl (C=O) groups is 1. The Hall–Kier alpha value is -2.06. The molecule has 1 aromatic rings.